The molecule has 1 aromatic heterocycles. The van der Waals surface area contributed by atoms with Gasteiger partial charge in [0.2, 0.25) is 0 Å². The highest BCUT2D eigenvalue weighted by Gasteiger charge is 2.16. The van der Waals surface area contributed by atoms with Crippen LogP contribution in [0, 0.1) is 0 Å². The topological polar surface area (TPSA) is 68.5 Å². The van der Waals surface area contributed by atoms with Crippen LogP contribution in [0.25, 0.3) is 21.7 Å². The second-order valence-electron chi connectivity index (χ2n) is 6.23. The molecule has 0 aliphatic carbocycles. The maximum atomic E-state index is 12.6. The van der Waals surface area contributed by atoms with Crippen molar-refractivity contribution in [3.8, 4) is 5.75 Å². The molecule has 0 aliphatic rings. The molecule has 0 aliphatic heterocycles. The maximum absolute atomic E-state index is 12.6. The van der Waals surface area contributed by atoms with Crippen LogP contribution in [-0.4, -0.2) is 12.0 Å². The van der Waals surface area contributed by atoms with Gasteiger partial charge in [0.15, 0.2) is 6.10 Å². The summed E-state index contributed by atoms with van der Waals surface area (Å²) in [4.78, 5) is 23.9. The van der Waals surface area contributed by atoms with E-state index in [1.807, 2.05) is 42.5 Å². The Morgan fingerprint density at radius 1 is 0.963 bits per heavy atom. The number of hydrogen-bond acceptors (Lipinski definition) is 4. The number of ether oxygens (including phenoxy) is 1. The molecule has 5 nitrogen and oxygen atoms in total. The Morgan fingerprint density at radius 3 is 2.63 bits per heavy atom. The molecule has 5 heteroatoms. The van der Waals surface area contributed by atoms with Crippen LogP contribution in [0.5, 0.6) is 5.75 Å². The van der Waals surface area contributed by atoms with Crippen molar-refractivity contribution >= 4 is 33.3 Å². The number of hydrogen-bond donors (Lipinski definition) is 1. The molecule has 0 saturated carbocycles. The smallest absolute Gasteiger partial charge is 0.336 e. The van der Waals surface area contributed by atoms with E-state index in [0.717, 1.165) is 21.8 Å². The highest BCUT2D eigenvalue weighted by molar-refractivity contribution is 6.03. The molecule has 0 saturated heterocycles. The molecule has 1 atom stereocenters. The predicted molar refractivity (Wildman–Crippen MR) is 105 cm³/mol. The molecule has 0 radical (unpaired) electrons. The Bertz CT molecular complexity index is 1190. The van der Waals surface area contributed by atoms with Gasteiger partial charge >= 0.3 is 5.63 Å². The first-order valence-corrected chi connectivity index (χ1v) is 8.59. The monoisotopic (exact) mass is 359 g/mol. The average Bonchev–Trinajstić information content (AvgIpc) is 2.68. The fourth-order valence-electron chi connectivity index (χ4n) is 2.94. The average molecular weight is 359 g/mol. The molecule has 27 heavy (non-hydrogen) atoms. The summed E-state index contributed by atoms with van der Waals surface area (Å²) in [6.07, 6.45) is -0.725. The molecule has 134 valence electrons. The summed E-state index contributed by atoms with van der Waals surface area (Å²) in [6, 6.07) is 21.8. The number of benzene rings is 3. The molecular formula is C22H17NO4. The van der Waals surface area contributed by atoms with Gasteiger partial charge in [-0.25, -0.2) is 4.79 Å². The van der Waals surface area contributed by atoms with Gasteiger partial charge in [-0.05, 0) is 36.6 Å². The first-order valence-electron chi connectivity index (χ1n) is 8.59. The van der Waals surface area contributed by atoms with Gasteiger partial charge in [-0.15, -0.1) is 0 Å². The van der Waals surface area contributed by atoms with Gasteiger partial charge in [-0.1, -0.05) is 36.4 Å². The van der Waals surface area contributed by atoms with Gasteiger partial charge < -0.3 is 14.5 Å². The van der Waals surface area contributed by atoms with Crippen LogP contribution in [-0.2, 0) is 4.79 Å². The van der Waals surface area contributed by atoms with Crippen molar-refractivity contribution in [2.24, 2.45) is 0 Å². The third-order valence-electron chi connectivity index (χ3n) is 4.32. The number of amides is 1. The van der Waals surface area contributed by atoms with E-state index in [1.165, 1.54) is 6.07 Å². The van der Waals surface area contributed by atoms with Gasteiger partial charge in [0.05, 0.1) is 0 Å². The fraction of sp³-hybridized carbons (Fsp3) is 0.0909. The van der Waals surface area contributed by atoms with Gasteiger partial charge in [-0.3, -0.25) is 4.79 Å². The lowest BCUT2D eigenvalue weighted by atomic mass is 10.1. The lowest BCUT2D eigenvalue weighted by Gasteiger charge is -2.16. The summed E-state index contributed by atoms with van der Waals surface area (Å²) in [5.41, 5.74) is 0.723. The van der Waals surface area contributed by atoms with Crippen LogP contribution in [0.1, 0.15) is 6.92 Å². The molecule has 0 spiro atoms. The summed E-state index contributed by atoms with van der Waals surface area (Å²) in [6.45, 7) is 1.67. The summed E-state index contributed by atoms with van der Waals surface area (Å²) in [5.74, 6) is 0.193. The zero-order valence-electron chi connectivity index (χ0n) is 14.6. The van der Waals surface area contributed by atoms with Gasteiger partial charge in [0.25, 0.3) is 5.91 Å². The van der Waals surface area contributed by atoms with E-state index in [-0.39, 0.29) is 5.91 Å². The number of fused-ring (bicyclic) bond motifs is 2. The minimum Gasteiger partial charge on any atom is -0.481 e. The summed E-state index contributed by atoms with van der Waals surface area (Å²) >= 11 is 0. The highest BCUT2D eigenvalue weighted by atomic mass is 16.5. The van der Waals surface area contributed by atoms with Crippen molar-refractivity contribution < 1.29 is 13.9 Å². The van der Waals surface area contributed by atoms with E-state index >= 15 is 0 Å². The van der Waals surface area contributed by atoms with Crippen LogP contribution in [0.2, 0.25) is 0 Å². The molecule has 3 aromatic carbocycles. The molecule has 1 amide bonds. The predicted octanol–water partition coefficient (Wildman–Crippen LogP) is 4.35. The van der Waals surface area contributed by atoms with Gasteiger partial charge in [0, 0.05) is 28.6 Å². The van der Waals surface area contributed by atoms with E-state index in [1.54, 1.807) is 31.2 Å². The number of nitrogens with one attached hydrogen (secondary N) is 1. The maximum Gasteiger partial charge on any atom is 0.336 e. The van der Waals surface area contributed by atoms with Crippen LogP contribution in [0.15, 0.2) is 82.0 Å². The fourth-order valence-corrected chi connectivity index (χ4v) is 2.94. The molecular weight excluding hydrogens is 342 g/mol. The van der Waals surface area contributed by atoms with E-state index < -0.39 is 11.7 Å². The number of carbonyl (C=O) groups is 1. The number of rotatable bonds is 4. The zero-order valence-corrected chi connectivity index (χ0v) is 14.6. The minimum atomic E-state index is -0.725. The third-order valence-corrected chi connectivity index (χ3v) is 4.32. The summed E-state index contributed by atoms with van der Waals surface area (Å²) in [5, 5.41) is 5.72. The normalized spacial score (nSPS) is 12.0. The van der Waals surface area contributed by atoms with Crippen LogP contribution in [0.3, 0.4) is 0 Å². The second-order valence-corrected chi connectivity index (χ2v) is 6.23. The van der Waals surface area contributed by atoms with Gasteiger partial charge in [0.1, 0.15) is 11.3 Å². The Balaban J connectivity index is 1.53. The van der Waals surface area contributed by atoms with Crippen LogP contribution >= 0.6 is 0 Å². The molecule has 0 bridgehead atoms. The quantitative estimate of drug-likeness (QED) is 0.550. The number of anilines is 1. The summed E-state index contributed by atoms with van der Waals surface area (Å²) < 4.78 is 10.9. The summed E-state index contributed by atoms with van der Waals surface area (Å²) in [7, 11) is 0. The SMILES string of the molecule is CC(Oc1ccc2ccc(=O)oc2c1)C(=O)Nc1cccc2ccccc12. The lowest BCUT2D eigenvalue weighted by Crippen LogP contribution is -2.30. The largest absolute Gasteiger partial charge is 0.481 e. The molecule has 4 rings (SSSR count). The lowest BCUT2D eigenvalue weighted by molar-refractivity contribution is -0.122. The van der Waals surface area contributed by atoms with Crippen molar-refractivity contribution in [1.82, 2.24) is 0 Å². The third kappa shape index (κ3) is 3.53. The molecule has 1 unspecified atom stereocenters. The molecule has 0 fully saturated rings. The molecule has 4 aromatic rings. The Hall–Kier alpha value is -3.60. The van der Waals surface area contributed by atoms with Crippen LogP contribution in [0.4, 0.5) is 5.69 Å². The Kier molecular flexibility index (Phi) is 4.34. The van der Waals surface area contributed by atoms with Crippen molar-refractivity contribution in [3.63, 3.8) is 0 Å². The van der Waals surface area contributed by atoms with Crippen molar-refractivity contribution in [2.75, 3.05) is 5.32 Å². The van der Waals surface area contributed by atoms with E-state index in [2.05, 4.69) is 5.32 Å². The Morgan fingerprint density at radius 2 is 1.74 bits per heavy atom. The molecule has 1 heterocycles. The Labute approximate surface area is 155 Å². The van der Waals surface area contributed by atoms with Crippen molar-refractivity contribution in [3.05, 3.63) is 83.2 Å². The number of carbonyl (C=O) groups excluding carboxylic acids is 1. The van der Waals surface area contributed by atoms with Crippen molar-refractivity contribution in [2.45, 2.75) is 13.0 Å². The first kappa shape index (κ1) is 16.8. The van der Waals surface area contributed by atoms with E-state index in [4.69, 9.17) is 9.15 Å². The molecule has 1 N–H and O–H groups in total. The van der Waals surface area contributed by atoms with Crippen molar-refractivity contribution in [1.29, 1.82) is 0 Å². The standard InChI is InChI=1S/C22H17NO4/c1-14(26-17-11-9-16-10-12-21(24)27-20(16)13-17)22(25)23-19-8-4-6-15-5-2-3-7-18(15)19/h2-14H,1H3,(H,23,25). The van der Waals surface area contributed by atoms with Crippen LogP contribution < -0.4 is 15.7 Å². The highest BCUT2D eigenvalue weighted by Crippen LogP contribution is 2.24. The minimum absolute atomic E-state index is 0.263. The first-order chi connectivity index (χ1) is 13.1. The van der Waals surface area contributed by atoms with E-state index in [9.17, 15) is 9.59 Å². The zero-order chi connectivity index (χ0) is 18.8. The van der Waals surface area contributed by atoms with E-state index in [0.29, 0.717) is 11.3 Å². The second kappa shape index (κ2) is 6.96. The van der Waals surface area contributed by atoms with Gasteiger partial charge in [-0.2, -0.15) is 0 Å².